The third-order valence-corrected chi connectivity index (χ3v) is 7.59. The van der Waals surface area contributed by atoms with Crippen molar-refractivity contribution in [1.29, 1.82) is 0 Å². The minimum atomic E-state index is -0.391. The fourth-order valence-corrected chi connectivity index (χ4v) is 5.51. The van der Waals surface area contributed by atoms with Crippen LogP contribution in [0.3, 0.4) is 0 Å². The van der Waals surface area contributed by atoms with Crippen LogP contribution < -0.4 is 15.4 Å². The number of likely N-dealkylation sites (tertiary alicyclic amines) is 1. The maximum Gasteiger partial charge on any atom is 0.347 e. The second-order valence-corrected chi connectivity index (χ2v) is 10.1. The molecule has 9 nitrogen and oxygen atoms in total. The number of hydrogen-bond donors (Lipinski definition) is 0. The molecule has 1 aromatic carbocycles. The number of benzene rings is 1. The molecular formula is C28H33FN6O3. The van der Waals surface area contributed by atoms with E-state index in [0.29, 0.717) is 71.9 Å². The molecule has 0 saturated carbocycles. The topological polar surface area (TPSA) is 77.7 Å². The zero-order chi connectivity index (χ0) is 26.1. The van der Waals surface area contributed by atoms with Crippen LogP contribution in [0.2, 0.25) is 0 Å². The lowest BCUT2D eigenvalue weighted by Gasteiger charge is -2.29. The van der Waals surface area contributed by atoms with Gasteiger partial charge >= 0.3 is 5.69 Å². The molecule has 6 rings (SSSR count). The number of piperidine rings is 1. The van der Waals surface area contributed by atoms with Crippen LogP contribution in [-0.4, -0.2) is 76.7 Å². The summed E-state index contributed by atoms with van der Waals surface area (Å²) in [7, 11) is 1.73. The van der Waals surface area contributed by atoms with Gasteiger partial charge in [-0.05, 0) is 44.5 Å². The molecular weight excluding hydrogens is 487 g/mol. The second-order valence-electron chi connectivity index (χ2n) is 10.1. The van der Waals surface area contributed by atoms with Crippen molar-refractivity contribution in [2.24, 2.45) is 7.05 Å². The first kappa shape index (κ1) is 24.8. The van der Waals surface area contributed by atoms with Gasteiger partial charge < -0.3 is 19.4 Å². The molecule has 200 valence electrons. The van der Waals surface area contributed by atoms with E-state index in [2.05, 4.69) is 14.9 Å². The lowest BCUT2D eigenvalue weighted by molar-refractivity contribution is 0.111. The summed E-state index contributed by atoms with van der Waals surface area (Å²) in [5.74, 6) is 0.138. The molecule has 0 atom stereocenters. The van der Waals surface area contributed by atoms with Gasteiger partial charge in [-0.15, -0.1) is 0 Å². The van der Waals surface area contributed by atoms with Gasteiger partial charge in [0.15, 0.2) is 0 Å². The number of aromatic nitrogens is 4. The van der Waals surface area contributed by atoms with Gasteiger partial charge in [-0.3, -0.25) is 9.55 Å². The molecule has 2 aliphatic rings. The van der Waals surface area contributed by atoms with Crippen LogP contribution in [0, 0.1) is 5.82 Å². The number of fused-ring (bicyclic) bond motifs is 3. The van der Waals surface area contributed by atoms with E-state index in [1.165, 1.54) is 38.4 Å². The maximum atomic E-state index is 15.3. The Bertz CT molecular complexity index is 1490. The quantitative estimate of drug-likeness (QED) is 0.346. The van der Waals surface area contributed by atoms with Gasteiger partial charge in [-0.1, -0.05) is 6.42 Å². The highest BCUT2D eigenvalue weighted by Crippen LogP contribution is 2.31. The van der Waals surface area contributed by atoms with Crippen molar-refractivity contribution in [2.75, 3.05) is 57.6 Å². The van der Waals surface area contributed by atoms with Gasteiger partial charge in [-0.2, -0.15) is 0 Å². The molecule has 0 aliphatic carbocycles. The Morgan fingerprint density at radius 3 is 2.61 bits per heavy atom. The molecule has 38 heavy (non-hydrogen) atoms. The van der Waals surface area contributed by atoms with Crippen LogP contribution in [-0.2, 0) is 11.8 Å². The molecule has 0 radical (unpaired) electrons. The van der Waals surface area contributed by atoms with Crippen molar-refractivity contribution in [1.82, 2.24) is 24.1 Å². The molecule has 5 heterocycles. The number of aryl methyl sites for hydroxylation is 1. The van der Waals surface area contributed by atoms with E-state index in [0.717, 1.165) is 13.0 Å². The summed E-state index contributed by atoms with van der Waals surface area (Å²) in [6.07, 6.45) is 8.12. The van der Waals surface area contributed by atoms with E-state index < -0.39 is 5.82 Å². The number of ether oxygens (including phenoxy) is 2. The van der Waals surface area contributed by atoms with Crippen molar-refractivity contribution < 1.29 is 13.9 Å². The smallest absolute Gasteiger partial charge is 0.347 e. The molecule has 0 bridgehead atoms. The summed E-state index contributed by atoms with van der Waals surface area (Å²) in [4.78, 5) is 24.6. The maximum absolute atomic E-state index is 15.3. The van der Waals surface area contributed by atoms with Gasteiger partial charge in [-0.25, -0.2) is 18.8 Å². The number of morpholine rings is 1. The summed E-state index contributed by atoms with van der Waals surface area (Å²) < 4.78 is 29.9. The molecule has 2 saturated heterocycles. The number of pyridine rings is 2. The van der Waals surface area contributed by atoms with Crippen LogP contribution in [0.15, 0.2) is 41.5 Å². The second kappa shape index (κ2) is 10.7. The van der Waals surface area contributed by atoms with Crippen LogP contribution in [0.4, 0.5) is 4.39 Å². The van der Waals surface area contributed by atoms with Crippen LogP contribution in [0.1, 0.15) is 25.7 Å². The van der Waals surface area contributed by atoms with Gasteiger partial charge in [0.25, 0.3) is 0 Å². The van der Waals surface area contributed by atoms with E-state index in [-0.39, 0.29) is 5.69 Å². The normalized spacial score (nSPS) is 16.9. The molecule has 0 N–H and O–H groups in total. The minimum Gasteiger partial charge on any atom is -0.478 e. The Morgan fingerprint density at radius 1 is 1.03 bits per heavy atom. The Kier molecular flexibility index (Phi) is 6.99. The number of nitrogens with zero attached hydrogens (tertiary/aromatic N) is 6. The third-order valence-electron chi connectivity index (χ3n) is 7.59. The zero-order valence-corrected chi connectivity index (χ0v) is 21.7. The highest BCUT2D eigenvalue weighted by molar-refractivity contribution is 6.04. The summed E-state index contributed by atoms with van der Waals surface area (Å²) in [6, 6.07) is 6.80. The minimum absolute atomic E-state index is 0.162. The van der Waals surface area contributed by atoms with Crippen molar-refractivity contribution in [3.05, 3.63) is 53.0 Å². The molecule has 0 spiro atoms. The average molecular weight is 521 g/mol. The SMILES string of the molecule is Cn1c(=O)n(N2CCOCC2)c2c3cc(-c4ccc(OCCCN5CCCCC5)nc4)c(F)cc3ncc21. The Hall–Kier alpha value is -3.50. The summed E-state index contributed by atoms with van der Waals surface area (Å²) in [5.41, 5.74) is 2.78. The van der Waals surface area contributed by atoms with Gasteiger partial charge in [0.05, 0.1) is 50.1 Å². The van der Waals surface area contributed by atoms with Crippen LogP contribution in [0.5, 0.6) is 5.88 Å². The summed E-state index contributed by atoms with van der Waals surface area (Å²) in [6.45, 7) is 6.28. The first-order valence-electron chi connectivity index (χ1n) is 13.4. The predicted octanol–water partition coefficient (Wildman–Crippen LogP) is 3.31. The van der Waals surface area contributed by atoms with Crippen molar-refractivity contribution in [2.45, 2.75) is 25.7 Å². The number of rotatable bonds is 7. The van der Waals surface area contributed by atoms with E-state index in [1.54, 1.807) is 40.8 Å². The summed E-state index contributed by atoms with van der Waals surface area (Å²) >= 11 is 0. The first-order chi connectivity index (χ1) is 18.6. The largest absolute Gasteiger partial charge is 0.478 e. The van der Waals surface area contributed by atoms with Crippen molar-refractivity contribution in [3.63, 3.8) is 0 Å². The van der Waals surface area contributed by atoms with Crippen LogP contribution >= 0.6 is 0 Å². The third kappa shape index (κ3) is 4.74. The fourth-order valence-electron chi connectivity index (χ4n) is 5.51. The van der Waals surface area contributed by atoms with Gasteiger partial charge in [0, 0.05) is 48.4 Å². The summed E-state index contributed by atoms with van der Waals surface area (Å²) in [5, 5.41) is 2.69. The van der Waals surface area contributed by atoms with E-state index in [1.807, 2.05) is 11.1 Å². The van der Waals surface area contributed by atoms with Crippen molar-refractivity contribution >= 4 is 21.9 Å². The Labute approximate surface area is 220 Å². The molecule has 4 aromatic rings. The van der Waals surface area contributed by atoms with Crippen LogP contribution in [0.25, 0.3) is 33.1 Å². The first-order valence-corrected chi connectivity index (χ1v) is 13.4. The fraction of sp³-hybridized carbons (Fsp3) is 0.464. The lowest BCUT2D eigenvalue weighted by Crippen LogP contribution is -2.48. The Balaban J connectivity index is 1.28. The van der Waals surface area contributed by atoms with E-state index >= 15 is 4.39 Å². The molecule has 2 aliphatic heterocycles. The average Bonchev–Trinajstić information content (AvgIpc) is 3.22. The number of hydrogen-bond acceptors (Lipinski definition) is 7. The van der Waals surface area contributed by atoms with Gasteiger partial charge in [0.1, 0.15) is 11.3 Å². The monoisotopic (exact) mass is 520 g/mol. The zero-order valence-electron chi connectivity index (χ0n) is 21.7. The molecule has 0 amide bonds. The van der Waals surface area contributed by atoms with E-state index in [9.17, 15) is 4.79 Å². The van der Waals surface area contributed by atoms with Crippen molar-refractivity contribution in [3.8, 4) is 17.0 Å². The molecule has 3 aromatic heterocycles. The molecule has 0 unspecified atom stereocenters. The molecule has 2 fully saturated rings. The highest BCUT2D eigenvalue weighted by Gasteiger charge is 2.22. The number of halogens is 1. The van der Waals surface area contributed by atoms with E-state index in [4.69, 9.17) is 9.47 Å². The predicted molar refractivity (Wildman–Crippen MR) is 145 cm³/mol. The Morgan fingerprint density at radius 2 is 1.84 bits per heavy atom. The highest BCUT2D eigenvalue weighted by atomic mass is 19.1. The standard InChI is InChI=1S/C28H33FN6O3/c1-32-25-19-30-24-17-23(29)21(16-22(24)27(25)35(28(32)36)34-11-14-37-15-12-34)20-6-7-26(31-18-20)38-13-5-10-33-8-3-2-4-9-33/h6-7,16-19H,2-5,8-15H2,1H3. The van der Waals surface area contributed by atoms with Gasteiger partial charge in [0.2, 0.25) is 5.88 Å². The molecule has 10 heteroatoms. The lowest BCUT2D eigenvalue weighted by atomic mass is 10.0. The number of imidazole rings is 1.